The van der Waals surface area contributed by atoms with Crippen molar-refractivity contribution < 1.29 is 4.39 Å². The lowest BCUT2D eigenvalue weighted by molar-refractivity contribution is 0.624. The minimum atomic E-state index is -0.336. The first-order valence-electron chi connectivity index (χ1n) is 5.55. The summed E-state index contributed by atoms with van der Waals surface area (Å²) in [5.74, 6) is -0.336. The van der Waals surface area contributed by atoms with Crippen molar-refractivity contribution in [3.8, 4) is 6.07 Å². The average Bonchev–Trinajstić information content (AvgIpc) is 2.96. The Kier molecular flexibility index (Phi) is 2.73. The number of benzene rings is 1. The van der Waals surface area contributed by atoms with Crippen molar-refractivity contribution in [3.63, 3.8) is 0 Å². The second-order valence-corrected chi connectivity index (χ2v) is 4.51. The molecule has 0 aliphatic carbocycles. The lowest BCUT2D eigenvalue weighted by Crippen LogP contribution is -2.00. The largest absolute Gasteiger partial charge is 0.326 e. The van der Waals surface area contributed by atoms with Crippen LogP contribution in [0.4, 0.5) is 4.39 Å². The van der Waals surface area contributed by atoms with Gasteiger partial charge >= 0.3 is 0 Å². The van der Waals surface area contributed by atoms with Gasteiger partial charge in [0.2, 0.25) is 0 Å². The fourth-order valence-corrected chi connectivity index (χ4v) is 2.20. The van der Waals surface area contributed by atoms with Crippen LogP contribution in [0, 0.1) is 17.1 Å². The highest BCUT2D eigenvalue weighted by Crippen LogP contribution is 2.20. The Labute approximate surface area is 113 Å². The first-order chi connectivity index (χ1) is 9.19. The van der Waals surface area contributed by atoms with Gasteiger partial charge < -0.3 is 4.57 Å². The summed E-state index contributed by atoms with van der Waals surface area (Å²) in [5, 5.41) is 13.6. The van der Waals surface area contributed by atoms with Crippen LogP contribution in [0.25, 0.3) is 5.65 Å². The monoisotopic (exact) mass is 274 g/mol. The summed E-state index contributed by atoms with van der Waals surface area (Å²) in [6.07, 6.45) is 5.02. The van der Waals surface area contributed by atoms with Crippen LogP contribution in [0.3, 0.4) is 0 Å². The van der Waals surface area contributed by atoms with Crippen molar-refractivity contribution in [3.05, 3.63) is 58.8 Å². The summed E-state index contributed by atoms with van der Waals surface area (Å²) in [6.45, 7) is 0.382. The van der Waals surface area contributed by atoms with Crippen molar-refractivity contribution >= 4 is 17.2 Å². The molecule has 4 nitrogen and oxygen atoms in total. The topological polar surface area (TPSA) is 46.0 Å². The van der Waals surface area contributed by atoms with Gasteiger partial charge in [0.05, 0.1) is 12.7 Å². The number of nitrogens with zero attached hydrogens (tertiary/aromatic N) is 4. The fourth-order valence-electron chi connectivity index (χ4n) is 2.02. The normalized spacial score (nSPS) is 10.8. The van der Waals surface area contributed by atoms with E-state index in [1.165, 1.54) is 24.4 Å². The second-order valence-electron chi connectivity index (χ2n) is 4.10. The Hall–Kier alpha value is -2.32. The van der Waals surface area contributed by atoms with E-state index in [2.05, 4.69) is 11.2 Å². The molecule has 0 aliphatic heterocycles. The summed E-state index contributed by atoms with van der Waals surface area (Å²) in [6, 6.07) is 6.31. The zero-order valence-electron chi connectivity index (χ0n) is 9.72. The maximum atomic E-state index is 13.2. The average molecular weight is 275 g/mol. The third-order valence-corrected chi connectivity index (χ3v) is 3.27. The molecule has 0 N–H and O–H groups in total. The number of imidazole rings is 1. The molecule has 3 aromatic rings. The molecule has 0 atom stereocenters. The predicted molar refractivity (Wildman–Crippen MR) is 68.4 cm³/mol. The highest BCUT2D eigenvalue weighted by molar-refractivity contribution is 6.31. The van der Waals surface area contributed by atoms with Gasteiger partial charge in [0, 0.05) is 17.4 Å². The van der Waals surface area contributed by atoms with Crippen molar-refractivity contribution in [2.45, 2.75) is 6.54 Å². The van der Waals surface area contributed by atoms with Crippen LogP contribution in [-0.4, -0.2) is 14.2 Å². The molecule has 94 valence electrons. The minimum Gasteiger partial charge on any atom is -0.326 e. The Morgan fingerprint density at radius 1 is 1.37 bits per heavy atom. The van der Waals surface area contributed by atoms with E-state index >= 15 is 0 Å². The van der Waals surface area contributed by atoms with E-state index in [4.69, 9.17) is 16.9 Å². The molecule has 0 radical (unpaired) electrons. The predicted octanol–water partition coefficient (Wildman–Crippen LogP) is 2.85. The van der Waals surface area contributed by atoms with E-state index in [9.17, 15) is 4.39 Å². The molecule has 0 saturated carbocycles. The van der Waals surface area contributed by atoms with Gasteiger partial charge in [-0.3, -0.25) is 0 Å². The van der Waals surface area contributed by atoms with Crippen LogP contribution < -0.4 is 0 Å². The van der Waals surface area contributed by atoms with Gasteiger partial charge in [-0.2, -0.15) is 10.4 Å². The highest BCUT2D eigenvalue weighted by atomic mass is 35.5. The number of hydrogen-bond donors (Lipinski definition) is 0. The van der Waals surface area contributed by atoms with Gasteiger partial charge in [-0.25, -0.2) is 8.91 Å². The Morgan fingerprint density at radius 2 is 2.21 bits per heavy atom. The summed E-state index contributed by atoms with van der Waals surface area (Å²) in [4.78, 5) is 0. The van der Waals surface area contributed by atoms with E-state index in [0.29, 0.717) is 28.3 Å². The van der Waals surface area contributed by atoms with Crippen molar-refractivity contribution in [1.29, 1.82) is 5.26 Å². The molecule has 0 bridgehead atoms. The number of aromatic nitrogens is 3. The van der Waals surface area contributed by atoms with Gasteiger partial charge in [0.1, 0.15) is 17.4 Å². The molecule has 0 saturated heterocycles. The van der Waals surface area contributed by atoms with Crippen LogP contribution in [0.15, 0.2) is 36.8 Å². The Bertz CT molecular complexity index is 797. The highest BCUT2D eigenvalue weighted by Gasteiger charge is 2.10. The van der Waals surface area contributed by atoms with E-state index < -0.39 is 0 Å². The van der Waals surface area contributed by atoms with Crippen LogP contribution in [0.1, 0.15) is 11.1 Å². The molecular weight excluding hydrogens is 267 g/mol. The van der Waals surface area contributed by atoms with Crippen molar-refractivity contribution in [2.75, 3.05) is 0 Å². The Balaban J connectivity index is 2.08. The quantitative estimate of drug-likeness (QED) is 0.721. The first-order valence-corrected chi connectivity index (χ1v) is 5.93. The lowest BCUT2D eigenvalue weighted by Gasteiger charge is -2.06. The van der Waals surface area contributed by atoms with Crippen LogP contribution in [-0.2, 0) is 6.54 Å². The second kappa shape index (κ2) is 4.41. The zero-order valence-corrected chi connectivity index (χ0v) is 10.5. The van der Waals surface area contributed by atoms with Gasteiger partial charge in [0.25, 0.3) is 0 Å². The summed E-state index contributed by atoms with van der Waals surface area (Å²) >= 11 is 6.04. The van der Waals surface area contributed by atoms with E-state index in [0.717, 1.165) is 0 Å². The molecule has 0 unspecified atom stereocenters. The molecular formula is C13H8ClFN4. The van der Waals surface area contributed by atoms with Crippen molar-refractivity contribution in [1.82, 2.24) is 14.2 Å². The maximum Gasteiger partial charge on any atom is 0.154 e. The maximum absolute atomic E-state index is 13.2. The number of fused-ring (bicyclic) bond motifs is 1. The SMILES string of the molecule is N#Cc1cnn2ccn(Cc3cc(F)ccc3Cl)c12. The van der Waals surface area contributed by atoms with Gasteiger partial charge in [-0.15, -0.1) is 0 Å². The molecule has 1 aromatic carbocycles. The van der Waals surface area contributed by atoms with Gasteiger partial charge in [-0.05, 0) is 23.8 Å². The van der Waals surface area contributed by atoms with Crippen molar-refractivity contribution in [2.24, 2.45) is 0 Å². The molecule has 19 heavy (non-hydrogen) atoms. The van der Waals surface area contributed by atoms with E-state index in [1.807, 2.05) is 4.57 Å². The van der Waals surface area contributed by atoms with Crippen LogP contribution >= 0.6 is 11.6 Å². The summed E-state index contributed by atoms with van der Waals surface area (Å²) < 4.78 is 16.7. The third kappa shape index (κ3) is 1.96. The molecule has 3 rings (SSSR count). The van der Waals surface area contributed by atoms with E-state index in [1.54, 1.807) is 16.9 Å². The van der Waals surface area contributed by atoms with Crippen LogP contribution in [0.2, 0.25) is 5.02 Å². The number of nitriles is 1. The number of rotatable bonds is 2. The smallest absolute Gasteiger partial charge is 0.154 e. The number of hydrogen-bond acceptors (Lipinski definition) is 2. The fraction of sp³-hybridized carbons (Fsp3) is 0.0769. The minimum absolute atomic E-state index is 0.336. The Morgan fingerprint density at radius 3 is 3.00 bits per heavy atom. The lowest BCUT2D eigenvalue weighted by atomic mass is 10.2. The summed E-state index contributed by atoms with van der Waals surface area (Å²) in [5.41, 5.74) is 1.80. The molecule has 0 spiro atoms. The summed E-state index contributed by atoms with van der Waals surface area (Å²) in [7, 11) is 0. The standard InChI is InChI=1S/C13H8ClFN4/c14-12-2-1-11(15)5-9(12)8-18-3-4-19-13(18)10(6-16)7-17-19/h1-5,7H,8H2. The van der Waals surface area contributed by atoms with Gasteiger partial charge in [0.15, 0.2) is 5.65 Å². The third-order valence-electron chi connectivity index (χ3n) is 2.90. The van der Waals surface area contributed by atoms with Gasteiger partial charge in [-0.1, -0.05) is 11.6 Å². The van der Waals surface area contributed by atoms with E-state index in [-0.39, 0.29) is 5.82 Å². The van der Waals surface area contributed by atoms with Crippen LogP contribution in [0.5, 0.6) is 0 Å². The molecule has 0 aliphatic rings. The molecule has 2 heterocycles. The molecule has 2 aromatic heterocycles. The molecule has 0 fully saturated rings. The first kappa shape index (κ1) is 11.8. The molecule has 0 amide bonds. The molecule has 6 heteroatoms. The number of halogens is 2. The zero-order chi connectivity index (χ0) is 13.4.